The van der Waals surface area contributed by atoms with E-state index in [0.717, 1.165) is 24.1 Å². The molecule has 0 aromatic heterocycles. The van der Waals surface area contributed by atoms with Gasteiger partial charge in [-0.15, -0.1) is 6.58 Å². The van der Waals surface area contributed by atoms with E-state index < -0.39 is 10.8 Å². The van der Waals surface area contributed by atoms with Gasteiger partial charge in [-0.1, -0.05) is 42.8 Å². The van der Waals surface area contributed by atoms with Crippen LogP contribution in [-0.2, 0) is 10.2 Å². The minimum absolute atomic E-state index is 0.0974. The van der Waals surface area contributed by atoms with E-state index in [1.807, 2.05) is 37.3 Å². The Kier molecular flexibility index (Phi) is 4.75. The first kappa shape index (κ1) is 17.0. The van der Waals surface area contributed by atoms with Gasteiger partial charge in [0.2, 0.25) is 5.91 Å². The van der Waals surface area contributed by atoms with E-state index in [-0.39, 0.29) is 12.3 Å². The summed E-state index contributed by atoms with van der Waals surface area (Å²) in [5, 5.41) is 12.4. The maximum atomic E-state index is 12.9. The van der Waals surface area contributed by atoms with Crippen LogP contribution in [0.1, 0.15) is 45.6 Å². The molecular formula is C20H24N2O. The smallest absolute Gasteiger partial charge is 0.237 e. The standard InChI is InChI=1S/C20H24N2O/c1-5-19(4,12-8-9-15(2)3)20(13-14-21)16-10-6-7-11-17(16)22-18(20)23/h5-7,9-11H,1,8,12-13H2,2-4H3,(H,22,23)/t19-,20+/m0/s1. The fourth-order valence-corrected chi connectivity index (χ4v) is 3.53. The Hall–Kier alpha value is -2.34. The molecule has 3 nitrogen and oxygen atoms in total. The van der Waals surface area contributed by atoms with Gasteiger partial charge in [0, 0.05) is 11.1 Å². The first-order valence-corrected chi connectivity index (χ1v) is 7.96. The second-order valence-electron chi connectivity index (χ2n) is 6.68. The van der Waals surface area contributed by atoms with Crippen LogP contribution in [0.4, 0.5) is 5.69 Å². The lowest BCUT2D eigenvalue weighted by Gasteiger charge is -2.42. The molecule has 2 rings (SSSR count). The van der Waals surface area contributed by atoms with E-state index in [1.165, 1.54) is 5.57 Å². The highest BCUT2D eigenvalue weighted by atomic mass is 16.2. The van der Waals surface area contributed by atoms with Gasteiger partial charge in [-0.3, -0.25) is 4.79 Å². The molecule has 1 heterocycles. The number of carbonyl (C=O) groups is 1. The van der Waals surface area contributed by atoms with Crippen molar-refractivity contribution in [2.75, 3.05) is 5.32 Å². The average molecular weight is 308 g/mol. The summed E-state index contributed by atoms with van der Waals surface area (Å²) in [6, 6.07) is 9.90. The Labute approximate surface area is 138 Å². The van der Waals surface area contributed by atoms with Crippen molar-refractivity contribution in [1.82, 2.24) is 0 Å². The first-order chi connectivity index (χ1) is 10.9. The molecule has 0 bridgehead atoms. The fraction of sp³-hybridized carbons (Fsp3) is 0.400. The highest BCUT2D eigenvalue weighted by Crippen LogP contribution is 2.54. The number of para-hydroxylation sites is 1. The summed E-state index contributed by atoms with van der Waals surface area (Å²) in [7, 11) is 0. The van der Waals surface area contributed by atoms with Gasteiger partial charge in [-0.05, 0) is 38.3 Å². The van der Waals surface area contributed by atoms with Crippen LogP contribution in [-0.4, -0.2) is 5.91 Å². The lowest BCUT2D eigenvalue weighted by molar-refractivity contribution is -0.124. The van der Waals surface area contributed by atoms with E-state index in [2.05, 4.69) is 37.9 Å². The highest BCUT2D eigenvalue weighted by molar-refractivity contribution is 6.07. The first-order valence-electron chi connectivity index (χ1n) is 7.96. The third-order valence-electron chi connectivity index (χ3n) is 5.01. The number of amides is 1. The molecule has 0 fully saturated rings. The Morgan fingerprint density at radius 3 is 2.74 bits per heavy atom. The summed E-state index contributed by atoms with van der Waals surface area (Å²) >= 11 is 0. The molecule has 1 N–H and O–H groups in total. The number of nitrogens with zero attached hydrogens (tertiary/aromatic N) is 1. The predicted molar refractivity (Wildman–Crippen MR) is 93.9 cm³/mol. The van der Waals surface area contributed by atoms with E-state index in [0.29, 0.717) is 0 Å². The van der Waals surface area contributed by atoms with E-state index >= 15 is 0 Å². The summed E-state index contributed by atoms with van der Waals surface area (Å²) in [5.74, 6) is -0.0974. The monoisotopic (exact) mass is 308 g/mol. The minimum Gasteiger partial charge on any atom is -0.325 e. The fourth-order valence-electron chi connectivity index (χ4n) is 3.53. The van der Waals surface area contributed by atoms with Crippen molar-refractivity contribution in [2.24, 2.45) is 5.41 Å². The summed E-state index contributed by atoms with van der Waals surface area (Å²) in [6.07, 6.45) is 5.79. The molecule has 0 spiro atoms. The maximum absolute atomic E-state index is 12.9. The van der Waals surface area contributed by atoms with Crippen LogP contribution in [0.25, 0.3) is 0 Å². The van der Waals surface area contributed by atoms with E-state index in [9.17, 15) is 10.1 Å². The zero-order chi connectivity index (χ0) is 17.1. The van der Waals surface area contributed by atoms with Crippen molar-refractivity contribution >= 4 is 11.6 Å². The molecule has 1 aromatic carbocycles. The molecule has 120 valence electrons. The third-order valence-corrected chi connectivity index (χ3v) is 5.01. The molecule has 3 heteroatoms. The van der Waals surface area contributed by atoms with Crippen LogP contribution in [0.15, 0.2) is 48.6 Å². The van der Waals surface area contributed by atoms with Crippen molar-refractivity contribution in [1.29, 1.82) is 5.26 Å². The van der Waals surface area contributed by atoms with Gasteiger partial charge < -0.3 is 5.32 Å². The van der Waals surface area contributed by atoms with Gasteiger partial charge in [-0.25, -0.2) is 0 Å². The van der Waals surface area contributed by atoms with E-state index in [1.54, 1.807) is 0 Å². The molecule has 0 saturated carbocycles. The van der Waals surface area contributed by atoms with Crippen molar-refractivity contribution in [3.05, 3.63) is 54.1 Å². The second-order valence-corrected chi connectivity index (χ2v) is 6.68. The van der Waals surface area contributed by atoms with Crippen LogP contribution in [0, 0.1) is 16.7 Å². The number of nitrogens with one attached hydrogen (secondary N) is 1. The minimum atomic E-state index is -0.879. The van der Waals surface area contributed by atoms with Crippen LogP contribution in [0.2, 0.25) is 0 Å². The SMILES string of the molecule is C=C[C@@](C)(CCC=C(C)C)[C@@]1(CC#N)C(=O)Nc2ccccc21. The van der Waals surface area contributed by atoms with Crippen molar-refractivity contribution in [3.8, 4) is 6.07 Å². The maximum Gasteiger partial charge on any atom is 0.237 e. The molecule has 23 heavy (non-hydrogen) atoms. The quantitative estimate of drug-likeness (QED) is 0.772. The molecule has 0 radical (unpaired) electrons. The lowest BCUT2D eigenvalue weighted by Crippen LogP contribution is -2.48. The van der Waals surface area contributed by atoms with Crippen molar-refractivity contribution < 1.29 is 4.79 Å². The molecule has 1 aliphatic heterocycles. The normalized spacial score (nSPS) is 21.6. The number of rotatable bonds is 6. The number of carbonyl (C=O) groups excluding carboxylic acids is 1. The largest absolute Gasteiger partial charge is 0.325 e. The Morgan fingerprint density at radius 1 is 1.43 bits per heavy atom. The summed E-state index contributed by atoms with van der Waals surface area (Å²) in [5.41, 5.74) is 1.59. The van der Waals surface area contributed by atoms with Crippen molar-refractivity contribution in [2.45, 2.75) is 45.4 Å². The number of allylic oxidation sites excluding steroid dienone is 3. The van der Waals surface area contributed by atoms with Crippen LogP contribution in [0.3, 0.4) is 0 Å². The molecule has 1 aliphatic rings. The summed E-state index contributed by atoms with van der Waals surface area (Å²) in [4.78, 5) is 12.9. The summed E-state index contributed by atoms with van der Waals surface area (Å²) in [6.45, 7) is 10.2. The number of benzene rings is 1. The topological polar surface area (TPSA) is 52.9 Å². The number of nitriles is 1. The second kappa shape index (κ2) is 6.42. The predicted octanol–water partition coefficient (Wildman–Crippen LogP) is 4.73. The van der Waals surface area contributed by atoms with E-state index in [4.69, 9.17) is 0 Å². The molecule has 0 saturated heterocycles. The van der Waals surface area contributed by atoms with Crippen LogP contribution >= 0.6 is 0 Å². The molecule has 1 aromatic rings. The Balaban J connectivity index is 2.55. The van der Waals surface area contributed by atoms with Gasteiger partial charge in [0.25, 0.3) is 0 Å². The van der Waals surface area contributed by atoms with Crippen molar-refractivity contribution in [3.63, 3.8) is 0 Å². The zero-order valence-electron chi connectivity index (χ0n) is 14.1. The number of anilines is 1. The zero-order valence-corrected chi connectivity index (χ0v) is 14.1. The molecule has 1 amide bonds. The average Bonchev–Trinajstić information content (AvgIpc) is 2.80. The number of hydrogen-bond acceptors (Lipinski definition) is 2. The van der Waals surface area contributed by atoms with Gasteiger partial charge in [-0.2, -0.15) is 5.26 Å². The molecule has 0 aliphatic carbocycles. The highest BCUT2D eigenvalue weighted by Gasteiger charge is 2.56. The Morgan fingerprint density at radius 2 is 2.13 bits per heavy atom. The van der Waals surface area contributed by atoms with Crippen LogP contribution < -0.4 is 5.32 Å². The lowest BCUT2D eigenvalue weighted by atomic mass is 9.58. The molecular weight excluding hydrogens is 284 g/mol. The number of hydrogen-bond donors (Lipinski definition) is 1. The Bertz CT molecular complexity index is 694. The van der Waals surface area contributed by atoms with Gasteiger partial charge >= 0.3 is 0 Å². The van der Waals surface area contributed by atoms with Gasteiger partial charge in [0.1, 0.15) is 0 Å². The van der Waals surface area contributed by atoms with Gasteiger partial charge in [0.05, 0.1) is 17.9 Å². The van der Waals surface area contributed by atoms with Gasteiger partial charge in [0.15, 0.2) is 0 Å². The van der Waals surface area contributed by atoms with Crippen LogP contribution in [0.5, 0.6) is 0 Å². The molecule has 0 unspecified atom stereocenters. The molecule has 2 atom stereocenters. The third kappa shape index (κ3) is 2.70. The number of fused-ring (bicyclic) bond motifs is 1. The summed E-state index contributed by atoms with van der Waals surface area (Å²) < 4.78 is 0.